The first-order valence-corrected chi connectivity index (χ1v) is 7.18. The Morgan fingerprint density at radius 2 is 1.33 bits per heavy atom. The van der Waals surface area contributed by atoms with Gasteiger partial charge in [-0.05, 0) is 0 Å². The first-order valence-electron chi connectivity index (χ1n) is 7.18. The Morgan fingerprint density at radius 3 is 1.79 bits per heavy atom. The normalized spacial score (nSPS) is 29.3. The first-order chi connectivity index (χ1) is 11.1. The summed E-state index contributed by atoms with van der Waals surface area (Å²) in [5.41, 5.74) is 5.93. The molecule has 10 nitrogen and oxygen atoms in total. The summed E-state index contributed by atoms with van der Waals surface area (Å²) in [7, 11) is 0. The highest BCUT2D eigenvalue weighted by molar-refractivity contribution is 5.68. The molecule has 1 rings (SSSR count). The molecule has 1 aliphatic heterocycles. The zero-order chi connectivity index (χ0) is 18.4. The lowest BCUT2D eigenvalue weighted by atomic mass is 9.97. The molecule has 0 radical (unpaired) electrons. The molecule has 2 N–H and O–H groups in total. The smallest absolute Gasteiger partial charge is 0.304 e. The van der Waals surface area contributed by atoms with Gasteiger partial charge in [0.1, 0.15) is 18.8 Å². The Hall–Kier alpha value is -2.20. The fourth-order valence-electron chi connectivity index (χ4n) is 2.20. The van der Waals surface area contributed by atoms with Crippen LogP contribution in [0.3, 0.4) is 0 Å². The van der Waals surface area contributed by atoms with Crippen LogP contribution in [0.4, 0.5) is 0 Å². The van der Waals surface area contributed by atoms with Crippen molar-refractivity contribution in [2.45, 2.75) is 58.3 Å². The van der Waals surface area contributed by atoms with Crippen molar-refractivity contribution in [2.75, 3.05) is 6.61 Å². The molecule has 10 heteroatoms. The van der Waals surface area contributed by atoms with Gasteiger partial charge < -0.3 is 29.4 Å². The van der Waals surface area contributed by atoms with Gasteiger partial charge in [-0.15, -0.1) is 0 Å². The van der Waals surface area contributed by atoms with Crippen molar-refractivity contribution in [3.8, 4) is 0 Å². The van der Waals surface area contributed by atoms with E-state index in [2.05, 4.69) is 0 Å². The van der Waals surface area contributed by atoms with Crippen LogP contribution in [0.2, 0.25) is 0 Å². The highest BCUT2D eigenvalue weighted by atomic mass is 16.7. The van der Waals surface area contributed by atoms with Gasteiger partial charge in [0.25, 0.3) is 0 Å². The summed E-state index contributed by atoms with van der Waals surface area (Å²) < 4.78 is 25.5. The van der Waals surface area contributed by atoms with Crippen LogP contribution < -0.4 is 5.73 Å². The molecule has 24 heavy (non-hydrogen) atoms. The molecule has 5 atom stereocenters. The van der Waals surface area contributed by atoms with Gasteiger partial charge in [-0.2, -0.15) is 0 Å². The summed E-state index contributed by atoms with van der Waals surface area (Å²) in [6, 6.07) is -1.10. The predicted molar refractivity (Wildman–Crippen MR) is 76.1 cm³/mol. The van der Waals surface area contributed by atoms with Gasteiger partial charge in [0.2, 0.25) is 6.29 Å². The highest BCUT2D eigenvalue weighted by Crippen LogP contribution is 2.26. The SMILES string of the molecule is CC(=O)OCC1O[C@H](OC(C)=O)C(N)[C@H](OC(C)=O)[C@@H]1OC(C)=O. The van der Waals surface area contributed by atoms with E-state index in [1.807, 2.05) is 0 Å². The van der Waals surface area contributed by atoms with E-state index in [0.29, 0.717) is 0 Å². The van der Waals surface area contributed by atoms with Crippen molar-refractivity contribution in [3.63, 3.8) is 0 Å². The number of hydrogen-bond acceptors (Lipinski definition) is 10. The summed E-state index contributed by atoms with van der Waals surface area (Å²) in [5, 5.41) is 0. The highest BCUT2D eigenvalue weighted by Gasteiger charge is 2.50. The van der Waals surface area contributed by atoms with E-state index >= 15 is 0 Å². The predicted octanol–water partition coefficient (Wildman–Crippen LogP) is -0.972. The summed E-state index contributed by atoms with van der Waals surface area (Å²) in [6.07, 6.45) is -4.58. The quantitative estimate of drug-likeness (QED) is 0.487. The molecule has 0 aliphatic carbocycles. The van der Waals surface area contributed by atoms with Crippen LogP contribution in [0.15, 0.2) is 0 Å². The van der Waals surface area contributed by atoms with E-state index < -0.39 is 54.5 Å². The van der Waals surface area contributed by atoms with Crippen LogP contribution >= 0.6 is 0 Å². The third-order valence-electron chi connectivity index (χ3n) is 3.03. The van der Waals surface area contributed by atoms with Crippen LogP contribution in [0.1, 0.15) is 27.7 Å². The summed E-state index contributed by atoms with van der Waals surface area (Å²) >= 11 is 0. The van der Waals surface area contributed by atoms with Crippen molar-refractivity contribution in [1.29, 1.82) is 0 Å². The van der Waals surface area contributed by atoms with E-state index in [9.17, 15) is 19.2 Å². The van der Waals surface area contributed by atoms with Crippen LogP contribution in [0.25, 0.3) is 0 Å². The zero-order valence-electron chi connectivity index (χ0n) is 13.8. The number of hydrogen-bond donors (Lipinski definition) is 1. The Labute approximate surface area is 138 Å². The summed E-state index contributed by atoms with van der Waals surface area (Å²) in [6.45, 7) is 4.32. The molecule has 0 aromatic rings. The Morgan fingerprint density at radius 1 is 0.833 bits per heavy atom. The van der Waals surface area contributed by atoms with Gasteiger partial charge in [0.15, 0.2) is 12.2 Å². The topological polar surface area (TPSA) is 140 Å². The van der Waals surface area contributed by atoms with Gasteiger partial charge in [0, 0.05) is 27.7 Å². The average Bonchev–Trinajstić information content (AvgIpc) is 2.42. The summed E-state index contributed by atoms with van der Waals surface area (Å²) in [5.74, 6) is -2.62. The number of rotatable bonds is 5. The minimum atomic E-state index is -1.26. The van der Waals surface area contributed by atoms with E-state index in [1.165, 1.54) is 6.92 Å². The van der Waals surface area contributed by atoms with Gasteiger partial charge in [-0.25, -0.2) is 0 Å². The number of ether oxygens (including phenoxy) is 5. The van der Waals surface area contributed by atoms with Crippen LogP contribution in [-0.2, 0) is 42.9 Å². The number of carbonyl (C=O) groups is 4. The lowest BCUT2D eigenvalue weighted by Gasteiger charge is -2.42. The van der Waals surface area contributed by atoms with Gasteiger partial charge >= 0.3 is 23.9 Å². The van der Waals surface area contributed by atoms with Crippen LogP contribution in [-0.4, -0.2) is 61.1 Å². The molecule has 1 heterocycles. The Balaban J connectivity index is 3.08. The van der Waals surface area contributed by atoms with Crippen molar-refractivity contribution in [2.24, 2.45) is 5.73 Å². The van der Waals surface area contributed by atoms with Crippen LogP contribution in [0, 0.1) is 0 Å². The molecule has 1 fully saturated rings. The molecule has 0 bridgehead atoms. The van der Waals surface area contributed by atoms with Crippen molar-refractivity contribution in [3.05, 3.63) is 0 Å². The second kappa shape index (κ2) is 8.60. The molecule has 0 saturated carbocycles. The van der Waals surface area contributed by atoms with Crippen LogP contribution in [0.5, 0.6) is 0 Å². The molecule has 0 amide bonds. The Kier molecular flexibility index (Phi) is 7.11. The molecule has 1 saturated heterocycles. The zero-order valence-corrected chi connectivity index (χ0v) is 13.8. The van der Waals surface area contributed by atoms with Crippen molar-refractivity contribution in [1.82, 2.24) is 0 Å². The average molecular weight is 347 g/mol. The molecule has 1 aliphatic rings. The lowest BCUT2D eigenvalue weighted by Crippen LogP contribution is -2.65. The number of carbonyl (C=O) groups excluding carboxylic acids is 4. The van der Waals surface area contributed by atoms with Crippen molar-refractivity contribution >= 4 is 23.9 Å². The van der Waals surface area contributed by atoms with Gasteiger partial charge in [-0.3, -0.25) is 19.2 Å². The third kappa shape index (κ3) is 5.78. The maximum Gasteiger partial charge on any atom is 0.304 e. The second-order valence-electron chi connectivity index (χ2n) is 5.18. The molecule has 2 unspecified atom stereocenters. The molecule has 0 aromatic carbocycles. The molecule has 136 valence electrons. The minimum absolute atomic E-state index is 0.310. The maximum absolute atomic E-state index is 11.3. The monoisotopic (exact) mass is 347 g/mol. The standard InChI is InChI=1S/C14H21NO9/c1-6(16)20-5-10-12(21-7(2)17)13(22-8(3)18)11(15)14(24-10)23-9(4)19/h10-14H,5,15H2,1-4H3/t10?,11?,12-,13+,14+/m1/s1. The molecule has 0 spiro atoms. The number of nitrogens with two attached hydrogens (primary N) is 1. The van der Waals surface area contributed by atoms with Gasteiger partial charge in [0.05, 0.1) is 0 Å². The lowest BCUT2D eigenvalue weighted by molar-refractivity contribution is -0.267. The van der Waals surface area contributed by atoms with E-state index in [1.54, 1.807) is 0 Å². The van der Waals surface area contributed by atoms with Gasteiger partial charge in [-0.1, -0.05) is 0 Å². The molecular formula is C14H21NO9. The maximum atomic E-state index is 11.3. The van der Waals surface area contributed by atoms with Crippen molar-refractivity contribution < 1.29 is 42.9 Å². The van der Waals surface area contributed by atoms with E-state index in [-0.39, 0.29) is 6.61 Å². The van der Waals surface area contributed by atoms with E-state index in [4.69, 9.17) is 29.4 Å². The molecule has 0 aromatic heterocycles. The summed E-state index contributed by atoms with van der Waals surface area (Å²) in [4.78, 5) is 44.9. The Bertz CT molecular complexity index is 490. The number of esters is 4. The fraction of sp³-hybridized carbons (Fsp3) is 0.714. The second-order valence-corrected chi connectivity index (χ2v) is 5.18. The largest absolute Gasteiger partial charge is 0.463 e. The third-order valence-corrected chi connectivity index (χ3v) is 3.03. The van der Waals surface area contributed by atoms with E-state index in [0.717, 1.165) is 20.8 Å². The molecular weight excluding hydrogens is 326 g/mol. The first kappa shape index (κ1) is 19.8. The fourth-order valence-corrected chi connectivity index (χ4v) is 2.20. The minimum Gasteiger partial charge on any atom is -0.463 e.